The molecule has 2 heterocycles. The molecule has 1 aliphatic heterocycles. The lowest BCUT2D eigenvalue weighted by Gasteiger charge is -2.24. The zero-order valence-electron chi connectivity index (χ0n) is 13.4. The van der Waals surface area contributed by atoms with Crippen molar-refractivity contribution in [3.63, 3.8) is 0 Å². The van der Waals surface area contributed by atoms with Crippen molar-refractivity contribution in [2.45, 2.75) is 20.0 Å². The molecule has 0 saturated carbocycles. The minimum absolute atomic E-state index is 0.222. The lowest BCUT2D eigenvalue weighted by Crippen LogP contribution is -2.28. The number of carbonyl (C=O) groups excluding carboxylic acids is 1. The van der Waals surface area contributed by atoms with E-state index in [0.29, 0.717) is 17.0 Å². The van der Waals surface area contributed by atoms with E-state index in [-0.39, 0.29) is 6.10 Å². The van der Waals surface area contributed by atoms with Crippen LogP contribution >= 0.6 is 0 Å². The standard InChI is InChI=1S/C19H16N2O3/c1-13(2)24-19(22)21-9-7-16-8-10-23-18(16)17(21)11-14-3-5-15(12-20)6-4-14/h3-11,13H,1-2H3/b17-11+. The number of benzene rings is 1. The summed E-state index contributed by atoms with van der Waals surface area (Å²) in [6.45, 7) is 3.60. The van der Waals surface area contributed by atoms with Crippen LogP contribution in [0.15, 0.2) is 47.2 Å². The molecule has 1 aromatic heterocycles. The zero-order valence-corrected chi connectivity index (χ0v) is 13.4. The number of ether oxygens (including phenoxy) is 1. The first-order chi connectivity index (χ1) is 11.6. The van der Waals surface area contributed by atoms with E-state index in [0.717, 1.165) is 11.1 Å². The molecule has 0 N–H and O–H groups in total. The van der Waals surface area contributed by atoms with Gasteiger partial charge in [0.15, 0.2) is 5.76 Å². The number of nitriles is 1. The molecule has 0 unspecified atom stereocenters. The first-order valence-corrected chi connectivity index (χ1v) is 7.56. The van der Waals surface area contributed by atoms with Gasteiger partial charge in [0.25, 0.3) is 0 Å². The van der Waals surface area contributed by atoms with Gasteiger partial charge in [-0.15, -0.1) is 0 Å². The van der Waals surface area contributed by atoms with Gasteiger partial charge in [-0.05, 0) is 49.8 Å². The number of rotatable bonds is 2. The summed E-state index contributed by atoms with van der Waals surface area (Å²) in [6.07, 6.45) is 6.19. The molecular formula is C19H16N2O3. The number of nitrogens with zero attached hydrogens (tertiary/aromatic N) is 2. The van der Waals surface area contributed by atoms with E-state index in [4.69, 9.17) is 14.4 Å². The average molecular weight is 320 g/mol. The summed E-state index contributed by atoms with van der Waals surface area (Å²) >= 11 is 0. The average Bonchev–Trinajstić information content (AvgIpc) is 3.04. The Hall–Kier alpha value is -3.26. The van der Waals surface area contributed by atoms with Crippen LogP contribution in [0.1, 0.15) is 36.3 Å². The van der Waals surface area contributed by atoms with Crippen LogP contribution in [0.25, 0.3) is 17.8 Å². The number of furan rings is 1. The van der Waals surface area contributed by atoms with Crippen LogP contribution in [0.5, 0.6) is 0 Å². The summed E-state index contributed by atoms with van der Waals surface area (Å²) in [6, 6.07) is 11.0. The monoisotopic (exact) mass is 320 g/mol. The molecule has 5 heteroatoms. The second-order valence-corrected chi connectivity index (χ2v) is 5.59. The highest BCUT2D eigenvalue weighted by Crippen LogP contribution is 2.32. The maximum absolute atomic E-state index is 12.4. The van der Waals surface area contributed by atoms with Crippen molar-refractivity contribution in [2.24, 2.45) is 0 Å². The first kappa shape index (κ1) is 15.6. The van der Waals surface area contributed by atoms with Gasteiger partial charge in [-0.25, -0.2) is 9.69 Å². The molecule has 120 valence electrons. The lowest BCUT2D eigenvalue weighted by molar-refractivity contribution is 0.100. The Kier molecular flexibility index (Phi) is 4.21. The summed E-state index contributed by atoms with van der Waals surface area (Å²) in [7, 11) is 0. The van der Waals surface area contributed by atoms with Gasteiger partial charge in [0, 0.05) is 11.8 Å². The molecule has 5 nitrogen and oxygen atoms in total. The van der Waals surface area contributed by atoms with Crippen LogP contribution in [0.4, 0.5) is 4.79 Å². The molecule has 1 amide bonds. The fourth-order valence-corrected chi connectivity index (χ4v) is 2.37. The second-order valence-electron chi connectivity index (χ2n) is 5.59. The molecule has 3 rings (SSSR count). The molecule has 1 aliphatic rings. The van der Waals surface area contributed by atoms with Gasteiger partial charge in [-0.1, -0.05) is 12.1 Å². The highest BCUT2D eigenvalue weighted by molar-refractivity contribution is 5.94. The van der Waals surface area contributed by atoms with Crippen LogP contribution < -0.4 is 0 Å². The number of carbonyl (C=O) groups is 1. The second kappa shape index (κ2) is 6.47. The molecule has 0 atom stereocenters. The molecule has 0 radical (unpaired) electrons. The lowest BCUT2D eigenvalue weighted by atomic mass is 10.1. The summed E-state index contributed by atoms with van der Waals surface area (Å²) in [5.74, 6) is 0.600. The highest BCUT2D eigenvalue weighted by Gasteiger charge is 2.26. The molecular weight excluding hydrogens is 304 g/mol. The van der Waals surface area contributed by atoms with Crippen molar-refractivity contribution in [3.8, 4) is 6.07 Å². The molecule has 1 aromatic carbocycles. The maximum atomic E-state index is 12.4. The fourth-order valence-electron chi connectivity index (χ4n) is 2.37. The Morgan fingerprint density at radius 1 is 1.29 bits per heavy atom. The van der Waals surface area contributed by atoms with Gasteiger partial charge < -0.3 is 9.15 Å². The minimum atomic E-state index is -0.469. The maximum Gasteiger partial charge on any atom is 0.418 e. The van der Waals surface area contributed by atoms with Gasteiger partial charge in [0.1, 0.15) is 0 Å². The van der Waals surface area contributed by atoms with Gasteiger partial charge in [-0.3, -0.25) is 0 Å². The predicted octanol–water partition coefficient (Wildman–Crippen LogP) is 4.48. The molecule has 2 aromatic rings. The molecule has 0 bridgehead atoms. The SMILES string of the molecule is CC(C)OC(=O)N1C=Cc2ccoc2/C1=C\c1ccc(C#N)cc1. The predicted molar refractivity (Wildman–Crippen MR) is 90.2 cm³/mol. The Morgan fingerprint density at radius 3 is 2.71 bits per heavy atom. The van der Waals surface area contributed by atoms with E-state index in [1.165, 1.54) is 4.90 Å². The van der Waals surface area contributed by atoms with E-state index in [1.807, 2.05) is 24.3 Å². The smallest absolute Gasteiger partial charge is 0.418 e. The molecule has 0 spiro atoms. The highest BCUT2D eigenvalue weighted by atomic mass is 16.6. The largest absolute Gasteiger partial charge is 0.462 e. The van der Waals surface area contributed by atoms with Crippen LogP contribution in [-0.4, -0.2) is 17.1 Å². The third-order valence-corrected chi connectivity index (χ3v) is 3.47. The normalized spacial score (nSPS) is 14.6. The third kappa shape index (κ3) is 3.08. The summed E-state index contributed by atoms with van der Waals surface area (Å²) in [4.78, 5) is 13.8. The van der Waals surface area contributed by atoms with E-state index >= 15 is 0 Å². The summed E-state index contributed by atoms with van der Waals surface area (Å²) < 4.78 is 10.8. The number of amides is 1. The number of hydrogen-bond donors (Lipinski definition) is 0. The van der Waals surface area contributed by atoms with Crippen molar-refractivity contribution in [1.29, 1.82) is 5.26 Å². The van der Waals surface area contributed by atoms with E-state index in [1.54, 1.807) is 44.5 Å². The molecule has 0 fully saturated rings. The van der Waals surface area contributed by atoms with E-state index < -0.39 is 6.09 Å². The van der Waals surface area contributed by atoms with Crippen molar-refractivity contribution < 1.29 is 13.9 Å². The Labute approximate surface area is 140 Å². The minimum Gasteiger partial charge on any atom is -0.462 e. The van der Waals surface area contributed by atoms with Crippen molar-refractivity contribution in [2.75, 3.05) is 0 Å². The van der Waals surface area contributed by atoms with Gasteiger partial charge >= 0.3 is 6.09 Å². The summed E-state index contributed by atoms with van der Waals surface area (Å²) in [5.41, 5.74) is 2.91. The number of fused-ring (bicyclic) bond motifs is 1. The van der Waals surface area contributed by atoms with Crippen LogP contribution in [0, 0.1) is 11.3 Å². The van der Waals surface area contributed by atoms with E-state index in [2.05, 4.69) is 6.07 Å². The third-order valence-electron chi connectivity index (χ3n) is 3.47. The van der Waals surface area contributed by atoms with Gasteiger partial charge in [0.2, 0.25) is 0 Å². The van der Waals surface area contributed by atoms with Crippen molar-refractivity contribution >= 4 is 23.9 Å². The topological polar surface area (TPSA) is 66.5 Å². The number of hydrogen-bond acceptors (Lipinski definition) is 4. The summed E-state index contributed by atoms with van der Waals surface area (Å²) in [5, 5.41) is 8.89. The Balaban J connectivity index is 2.01. The zero-order chi connectivity index (χ0) is 17.1. The van der Waals surface area contributed by atoms with Crippen LogP contribution in [0.2, 0.25) is 0 Å². The van der Waals surface area contributed by atoms with Crippen molar-refractivity contribution in [3.05, 3.63) is 65.2 Å². The van der Waals surface area contributed by atoms with Crippen molar-refractivity contribution in [1.82, 2.24) is 4.90 Å². The van der Waals surface area contributed by atoms with Crippen LogP contribution in [0.3, 0.4) is 0 Å². The van der Waals surface area contributed by atoms with Gasteiger partial charge in [0.05, 0.1) is 29.7 Å². The Bertz CT molecular complexity index is 851. The molecule has 0 aliphatic carbocycles. The fraction of sp³-hybridized carbons (Fsp3) is 0.158. The van der Waals surface area contributed by atoms with Gasteiger partial charge in [-0.2, -0.15) is 5.26 Å². The van der Waals surface area contributed by atoms with Crippen LogP contribution in [-0.2, 0) is 4.74 Å². The first-order valence-electron chi connectivity index (χ1n) is 7.56. The molecule has 24 heavy (non-hydrogen) atoms. The quantitative estimate of drug-likeness (QED) is 0.818. The Morgan fingerprint density at radius 2 is 2.04 bits per heavy atom. The van der Waals surface area contributed by atoms with E-state index in [9.17, 15) is 4.79 Å². The molecule has 0 saturated heterocycles.